The van der Waals surface area contributed by atoms with Gasteiger partial charge in [-0.25, -0.2) is 19.6 Å². The van der Waals surface area contributed by atoms with Gasteiger partial charge < -0.3 is 19.3 Å². The minimum absolute atomic E-state index is 0.0706. The monoisotopic (exact) mass is 404 g/mol. The molecule has 0 radical (unpaired) electrons. The first-order valence-electron chi connectivity index (χ1n) is 10.4. The second-order valence-electron chi connectivity index (χ2n) is 8.92. The van der Waals surface area contributed by atoms with E-state index in [2.05, 4.69) is 19.6 Å². The van der Waals surface area contributed by atoms with E-state index in [1.54, 1.807) is 6.20 Å². The number of piperidine rings is 1. The summed E-state index contributed by atoms with van der Waals surface area (Å²) in [6, 6.07) is 0.0706. The molecule has 2 aliphatic rings. The van der Waals surface area contributed by atoms with Crippen molar-refractivity contribution in [3.8, 4) is 0 Å². The highest BCUT2D eigenvalue weighted by Gasteiger charge is 2.34. The Balaban J connectivity index is 1.71. The van der Waals surface area contributed by atoms with E-state index in [4.69, 9.17) is 4.74 Å². The minimum Gasteiger partial charge on any atom is -0.464 e. The first-order valence-corrected chi connectivity index (χ1v) is 10.4. The number of hydrogen-bond donors (Lipinski definition) is 0. The number of esters is 1. The average molecular weight is 405 g/mol. The summed E-state index contributed by atoms with van der Waals surface area (Å²) in [5.74, 6) is 0.768. The van der Waals surface area contributed by atoms with Crippen LogP contribution in [0.2, 0.25) is 0 Å². The number of methoxy groups -OCH3 is 1. The summed E-state index contributed by atoms with van der Waals surface area (Å²) >= 11 is 0. The summed E-state index contributed by atoms with van der Waals surface area (Å²) in [6.45, 7) is 7.97. The lowest BCUT2D eigenvalue weighted by molar-refractivity contribution is 0.00731. The average Bonchev–Trinajstić information content (AvgIpc) is 2.65. The third kappa shape index (κ3) is 5.58. The number of ether oxygens (including phenoxy) is 2. The molecule has 1 aliphatic heterocycles. The molecule has 1 aromatic heterocycles. The molecule has 0 N–H and O–H groups in total. The summed E-state index contributed by atoms with van der Waals surface area (Å²) in [5.41, 5.74) is -0.330. The van der Waals surface area contributed by atoms with Gasteiger partial charge in [0.05, 0.1) is 25.5 Å². The van der Waals surface area contributed by atoms with Gasteiger partial charge in [-0.15, -0.1) is 0 Å². The fourth-order valence-electron chi connectivity index (χ4n) is 3.76. The van der Waals surface area contributed by atoms with E-state index in [1.165, 1.54) is 32.6 Å². The van der Waals surface area contributed by atoms with Gasteiger partial charge in [0.1, 0.15) is 11.4 Å². The lowest BCUT2D eigenvalue weighted by atomic mass is 9.84. The van der Waals surface area contributed by atoms with Crippen LogP contribution in [-0.4, -0.2) is 65.3 Å². The van der Waals surface area contributed by atoms with Crippen molar-refractivity contribution < 1.29 is 19.1 Å². The zero-order chi connectivity index (χ0) is 21.0. The van der Waals surface area contributed by atoms with Crippen molar-refractivity contribution in [1.82, 2.24) is 14.9 Å². The van der Waals surface area contributed by atoms with E-state index >= 15 is 0 Å². The van der Waals surface area contributed by atoms with Gasteiger partial charge in [0.25, 0.3) is 0 Å². The number of nitrogens with zero attached hydrogens (tertiary/aromatic N) is 4. The number of anilines is 1. The summed E-state index contributed by atoms with van der Waals surface area (Å²) in [4.78, 5) is 37.1. The standard InChI is InChI=1S/C21H32N4O4/c1-21(2,3)29-20(27)25(13-15-7-5-8-15)16-9-6-10-24(14-16)18-12-22-17(11-23-18)19(26)28-4/h11-12,15-16H,5-10,13-14H2,1-4H3. The normalized spacial score (nSPS) is 20.0. The molecule has 8 nitrogen and oxygen atoms in total. The van der Waals surface area contributed by atoms with Crippen molar-refractivity contribution in [1.29, 1.82) is 0 Å². The summed E-state index contributed by atoms with van der Waals surface area (Å²) in [6.07, 6.45) is 8.29. The fourth-order valence-corrected chi connectivity index (χ4v) is 3.76. The van der Waals surface area contributed by atoms with E-state index in [-0.39, 0.29) is 17.8 Å². The van der Waals surface area contributed by atoms with E-state index < -0.39 is 11.6 Å². The lowest BCUT2D eigenvalue weighted by Gasteiger charge is -2.42. The van der Waals surface area contributed by atoms with Crippen LogP contribution < -0.4 is 4.90 Å². The molecule has 1 aromatic rings. The number of carbonyl (C=O) groups is 2. The number of aromatic nitrogens is 2. The van der Waals surface area contributed by atoms with Crippen molar-refractivity contribution in [3.05, 3.63) is 18.1 Å². The molecule has 1 aliphatic carbocycles. The molecule has 1 amide bonds. The van der Waals surface area contributed by atoms with Crippen LogP contribution in [0.25, 0.3) is 0 Å². The number of rotatable bonds is 5. The zero-order valence-corrected chi connectivity index (χ0v) is 17.9. The fraction of sp³-hybridized carbons (Fsp3) is 0.714. The maximum absolute atomic E-state index is 12.9. The van der Waals surface area contributed by atoms with Crippen molar-refractivity contribution in [2.24, 2.45) is 5.92 Å². The van der Waals surface area contributed by atoms with Crippen LogP contribution in [0.4, 0.5) is 10.6 Å². The maximum atomic E-state index is 12.9. The van der Waals surface area contributed by atoms with Gasteiger partial charge in [0.15, 0.2) is 5.69 Å². The van der Waals surface area contributed by atoms with Gasteiger partial charge in [-0.2, -0.15) is 0 Å². The first kappa shape index (κ1) is 21.3. The number of carbonyl (C=O) groups excluding carboxylic acids is 2. The number of amides is 1. The Bertz CT molecular complexity index is 712. The van der Waals surface area contributed by atoms with Crippen molar-refractivity contribution >= 4 is 17.9 Å². The lowest BCUT2D eigenvalue weighted by Crippen LogP contribution is -2.53. The molecular weight excluding hydrogens is 372 g/mol. The van der Waals surface area contributed by atoms with Crippen molar-refractivity contribution in [2.75, 3.05) is 31.6 Å². The van der Waals surface area contributed by atoms with E-state index in [0.717, 1.165) is 25.9 Å². The van der Waals surface area contributed by atoms with Gasteiger partial charge in [-0.05, 0) is 52.4 Å². The summed E-state index contributed by atoms with van der Waals surface area (Å²) in [7, 11) is 1.32. The maximum Gasteiger partial charge on any atom is 0.410 e. The minimum atomic E-state index is -0.515. The Labute approximate surface area is 172 Å². The van der Waals surface area contributed by atoms with Crippen LogP contribution in [0.1, 0.15) is 63.4 Å². The highest BCUT2D eigenvalue weighted by molar-refractivity contribution is 5.86. The largest absolute Gasteiger partial charge is 0.464 e. The van der Waals surface area contributed by atoms with E-state index in [1.807, 2.05) is 25.7 Å². The quantitative estimate of drug-likeness (QED) is 0.696. The van der Waals surface area contributed by atoms with Crippen LogP contribution in [0.3, 0.4) is 0 Å². The van der Waals surface area contributed by atoms with Gasteiger partial charge >= 0.3 is 12.1 Å². The molecule has 29 heavy (non-hydrogen) atoms. The van der Waals surface area contributed by atoms with Gasteiger partial charge in [-0.3, -0.25) is 0 Å². The van der Waals surface area contributed by atoms with Gasteiger partial charge in [0, 0.05) is 19.6 Å². The molecule has 1 saturated carbocycles. The van der Waals surface area contributed by atoms with Crippen LogP contribution in [0, 0.1) is 5.92 Å². The Kier molecular flexibility index (Phi) is 6.59. The predicted octanol–water partition coefficient (Wildman–Crippen LogP) is 3.27. The van der Waals surface area contributed by atoms with Crippen LogP contribution >= 0.6 is 0 Å². The summed E-state index contributed by atoms with van der Waals surface area (Å²) in [5, 5.41) is 0. The van der Waals surface area contributed by atoms with Crippen LogP contribution in [0.5, 0.6) is 0 Å². The summed E-state index contributed by atoms with van der Waals surface area (Å²) < 4.78 is 10.4. The Morgan fingerprint density at radius 3 is 2.48 bits per heavy atom. The Morgan fingerprint density at radius 2 is 1.93 bits per heavy atom. The molecule has 160 valence electrons. The van der Waals surface area contributed by atoms with E-state index in [0.29, 0.717) is 18.3 Å². The molecule has 0 bridgehead atoms. The Hall–Kier alpha value is -2.38. The molecule has 0 spiro atoms. The molecule has 1 unspecified atom stereocenters. The first-order chi connectivity index (χ1) is 13.8. The molecule has 3 rings (SSSR count). The second-order valence-corrected chi connectivity index (χ2v) is 8.92. The van der Waals surface area contributed by atoms with Crippen molar-refractivity contribution in [2.45, 2.75) is 64.5 Å². The zero-order valence-electron chi connectivity index (χ0n) is 17.9. The SMILES string of the molecule is COC(=O)c1cnc(N2CCCC(N(CC3CCC3)C(=O)OC(C)(C)C)C2)cn1. The van der Waals surface area contributed by atoms with Gasteiger partial charge in [0.2, 0.25) is 0 Å². The third-order valence-electron chi connectivity index (χ3n) is 5.50. The highest BCUT2D eigenvalue weighted by Crippen LogP contribution is 2.30. The van der Waals surface area contributed by atoms with Crippen LogP contribution in [0.15, 0.2) is 12.4 Å². The molecule has 0 aromatic carbocycles. The van der Waals surface area contributed by atoms with E-state index in [9.17, 15) is 9.59 Å². The smallest absolute Gasteiger partial charge is 0.410 e. The highest BCUT2D eigenvalue weighted by atomic mass is 16.6. The molecule has 1 atom stereocenters. The topological polar surface area (TPSA) is 84.9 Å². The second kappa shape index (κ2) is 8.97. The van der Waals surface area contributed by atoms with Crippen LogP contribution in [-0.2, 0) is 9.47 Å². The number of hydrogen-bond acceptors (Lipinski definition) is 7. The molecule has 8 heteroatoms. The molecule has 2 fully saturated rings. The molecule has 2 heterocycles. The Morgan fingerprint density at radius 1 is 1.17 bits per heavy atom. The van der Waals surface area contributed by atoms with Crippen molar-refractivity contribution in [3.63, 3.8) is 0 Å². The predicted molar refractivity (Wildman–Crippen MR) is 109 cm³/mol. The van der Waals surface area contributed by atoms with Gasteiger partial charge in [-0.1, -0.05) is 6.42 Å². The molecular formula is C21H32N4O4. The third-order valence-corrected chi connectivity index (χ3v) is 5.50. The molecule has 1 saturated heterocycles.